The van der Waals surface area contributed by atoms with Crippen LogP contribution in [0.4, 0.5) is 0 Å². The van der Waals surface area contributed by atoms with Gasteiger partial charge in [-0.25, -0.2) is 13.2 Å². The van der Waals surface area contributed by atoms with E-state index >= 15 is 0 Å². The van der Waals surface area contributed by atoms with Crippen molar-refractivity contribution in [3.8, 4) is 0 Å². The summed E-state index contributed by atoms with van der Waals surface area (Å²) in [5, 5.41) is 8.45. The molecular weight excluding hydrogens is 362 g/mol. The van der Waals surface area contributed by atoms with Crippen molar-refractivity contribution >= 4 is 31.9 Å². The number of likely N-dealkylation sites (N-methyl/N-ethyl adjacent to an activating group) is 1. The lowest BCUT2D eigenvalue weighted by Gasteiger charge is -2.20. The number of ether oxygens (including phenoxy) is 1. The topological polar surface area (TPSA) is 83.9 Å². The van der Waals surface area contributed by atoms with Gasteiger partial charge in [-0.1, -0.05) is 15.9 Å². The maximum atomic E-state index is 12.6. The number of carboxylic acids is 1. The molecule has 21 heavy (non-hydrogen) atoms. The van der Waals surface area contributed by atoms with Crippen molar-refractivity contribution in [3.05, 3.63) is 27.7 Å². The first-order chi connectivity index (χ1) is 9.66. The van der Waals surface area contributed by atoms with Gasteiger partial charge in [0.25, 0.3) is 0 Å². The van der Waals surface area contributed by atoms with Crippen molar-refractivity contribution in [1.29, 1.82) is 0 Å². The Morgan fingerprint density at radius 3 is 2.33 bits per heavy atom. The average molecular weight is 380 g/mol. The molecule has 1 aromatic rings. The molecule has 0 heterocycles. The van der Waals surface area contributed by atoms with Gasteiger partial charge in [0.2, 0.25) is 10.0 Å². The summed E-state index contributed by atoms with van der Waals surface area (Å²) in [6.07, 6.45) is 0. The molecular formula is C13H18BrNO5S. The largest absolute Gasteiger partial charge is 0.480 e. The summed E-state index contributed by atoms with van der Waals surface area (Å²) >= 11 is 3.33. The molecule has 1 aromatic carbocycles. The molecule has 0 saturated carbocycles. The third kappa shape index (κ3) is 4.77. The minimum absolute atomic E-state index is 0.0245. The summed E-state index contributed by atoms with van der Waals surface area (Å²) in [4.78, 5) is 10.6. The quantitative estimate of drug-likeness (QED) is 0.730. The van der Waals surface area contributed by atoms with Crippen LogP contribution in [-0.2, 0) is 19.6 Å². The third-order valence-corrected chi connectivity index (χ3v) is 5.49. The first-order valence-corrected chi connectivity index (χ1v) is 8.42. The molecule has 118 valence electrons. The lowest BCUT2D eigenvalue weighted by atomic mass is 10.2. The normalized spacial score (nSPS) is 11.9. The second kappa shape index (κ2) is 7.35. The molecule has 0 spiro atoms. The number of aryl methyl sites for hydroxylation is 2. The third-order valence-electron chi connectivity index (χ3n) is 2.87. The van der Waals surface area contributed by atoms with Gasteiger partial charge < -0.3 is 9.84 Å². The highest BCUT2D eigenvalue weighted by Crippen LogP contribution is 2.26. The van der Waals surface area contributed by atoms with E-state index in [4.69, 9.17) is 9.84 Å². The Labute approximate surface area is 132 Å². The van der Waals surface area contributed by atoms with Crippen LogP contribution in [0.15, 0.2) is 21.5 Å². The molecule has 1 rings (SSSR count). The number of sulfonamides is 1. The van der Waals surface area contributed by atoms with Crippen LogP contribution >= 0.6 is 15.9 Å². The summed E-state index contributed by atoms with van der Waals surface area (Å²) in [6.45, 7) is 3.14. The van der Waals surface area contributed by atoms with Crippen LogP contribution < -0.4 is 0 Å². The number of hydrogen-bond acceptors (Lipinski definition) is 4. The van der Waals surface area contributed by atoms with Gasteiger partial charge in [-0.2, -0.15) is 4.31 Å². The Bertz CT molecular complexity index is 606. The number of benzene rings is 1. The van der Waals surface area contributed by atoms with Crippen LogP contribution in [0, 0.1) is 13.8 Å². The molecule has 6 nitrogen and oxygen atoms in total. The smallest absolute Gasteiger partial charge is 0.329 e. The van der Waals surface area contributed by atoms with Crippen molar-refractivity contribution in [2.24, 2.45) is 0 Å². The number of aliphatic carboxylic acids is 1. The highest BCUT2D eigenvalue weighted by molar-refractivity contribution is 9.10. The SMILES string of the molecule is Cc1cc(Br)cc(C)c1S(=O)(=O)N(C)CCOCC(=O)O. The number of carboxylic acid groups (broad SMARTS) is 1. The van der Waals surface area contributed by atoms with Crippen molar-refractivity contribution in [3.63, 3.8) is 0 Å². The van der Waals surface area contributed by atoms with E-state index in [1.54, 1.807) is 26.0 Å². The van der Waals surface area contributed by atoms with Crippen molar-refractivity contribution in [1.82, 2.24) is 4.31 Å². The lowest BCUT2D eigenvalue weighted by Crippen LogP contribution is -2.31. The Hall–Kier alpha value is -0.960. The Morgan fingerprint density at radius 1 is 1.33 bits per heavy atom. The van der Waals surface area contributed by atoms with E-state index in [1.165, 1.54) is 7.05 Å². The van der Waals surface area contributed by atoms with E-state index < -0.39 is 22.6 Å². The minimum Gasteiger partial charge on any atom is -0.480 e. The molecule has 0 aliphatic heterocycles. The van der Waals surface area contributed by atoms with E-state index in [9.17, 15) is 13.2 Å². The zero-order valence-corrected chi connectivity index (χ0v) is 14.5. The summed E-state index contributed by atoms with van der Waals surface area (Å²) in [5.74, 6) is -1.08. The van der Waals surface area contributed by atoms with Gasteiger partial charge in [-0.15, -0.1) is 0 Å². The van der Waals surface area contributed by atoms with Crippen LogP contribution in [0.25, 0.3) is 0 Å². The molecule has 0 amide bonds. The van der Waals surface area contributed by atoms with Gasteiger partial charge in [0.05, 0.1) is 11.5 Å². The molecule has 0 saturated heterocycles. The van der Waals surface area contributed by atoms with Gasteiger partial charge in [0.1, 0.15) is 6.61 Å². The minimum atomic E-state index is -3.63. The van der Waals surface area contributed by atoms with Crippen molar-refractivity contribution in [2.45, 2.75) is 18.7 Å². The predicted octanol–water partition coefficient (Wildman–Crippen LogP) is 1.79. The van der Waals surface area contributed by atoms with Crippen LogP contribution in [0.1, 0.15) is 11.1 Å². The van der Waals surface area contributed by atoms with Crippen molar-refractivity contribution < 1.29 is 23.1 Å². The molecule has 0 fully saturated rings. The zero-order valence-electron chi connectivity index (χ0n) is 12.1. The number of hydrogen-bond donors (Lipinski definition) is 1. The zero-order chi connectivity index (χ0) is 16.2. The van der Waals surface area contributed by atoms with Crippen LogP contribution in [0.2, 0.25) is 0 Å². The summed E-state index contributed by atoms with van der Waals surface area (Å²) in [6, 6.07) is 3.49. The molecule has 1 N–H and O–H groups in total. The second-order valence-corrected chi connectivity index (χ2v) is 7.54. The van der Waals surface area contributed by atoms with Gasteiger partial charge >= 0.3 is 5.97 Å². The average Bonchev–Trinajstić information content (AvgIpc) is 2.32. The van der Waals surface area contributed by atoms with Gasteiger partial charge in [-0.3, -0.25) is 0 Å². The first kappa shape index (κ1) is 18.1. The van der Waals surface area contributed by atoms with E-state index in [0.29, 0.717) is 11.1 Å². The predicted molar refractivity (Wildman–Crippen MR) is 81.9 cm³/mol. The van der Waals surface area contributed by atoms with E-state index in [1.807, 2.05) is 0 Å². The molecule has 0 aliphatic carbocycles. The highest BCUT2D eigenvalue weighted by atomic mass is 79.9. The van der Waals surface area contributed by atoms with Crippen molar-refractivity contribution in [2.75, 3.05) is 26.8 Å². The van der Waals surface area contributed by atoms with E-state index in [0.717, 1.165) is 8.78 Å². The standard InChI is InChI=1S/C13H18BrNO5S/c1-9-6-11(14)7-10(2)13(9)21(18,19)15(3)4-5-20-8-12(16)17/h6-7H,4-5,8H2,1-3H3,(H,16,17). The number of nitrogens with zero attached hydrogens (tertiary/aromatic N) is 1. The molecule has 8 heteroatoms. The monoisotopic (exact) mass is 379 g/mol. The summed E-state index contributed by atoms with van der Waals surface area (Å²) < 4.78 is 32.0. The number of carbonyl (C=O) groups is 1. The molecule has 0 aromatic heterocycles. The fraction of sp³-hybridized carbons (Fsp3) is 0.462. The Kier molecular flexibility index (Phi) is 6.33. The fourth-order valence-corrected chi connectivity index (χ4v) is 4.18. The molecule has 0 atom stereocenters. The Morgan fingerprint density at radius 2 is 1.86 bits per heavy atom. The highest BCUT2D eigenvalue weighted by Gasteiger charge is 2.24. The molecule has 0 bridgehead atoms. The number of rotatable bonds is 7. The van der Waals surface area contributed by atoms with Crippen LogP contribution in [-0.4, -0.2) is 50.6 Å². The maximum absolute atomic E-state index is 12.6. The summed E-state index contributed by atoms with van der Waals surface area (Å²) in [7, 11) is -2.19. The molecule has 0 unspecified atom stereocenters. The summed E-state index contributed by atoms with van der Waals surface area (Å²) in [5.41, 5.74) is 1.31. The fourth-order valence-electron chi connectivity index (χ4n) is 1.93. The molecule has 0 radical (unpaired) electrons. The maximum Gasteiger partial charge on any atom is 0.329 e. The van der Waals surface area contributed by atoms with Crippen LogP contribution in [0.5, 0.6) is 0 Å². The van der Waals surface area contributed by atoms with E-state index in [2.05, 4.69) is 15.9 Å². The van der Waals surface area contributed by atoms with Gasteiger partial charge in [0, 0.05) is 18.1 Å². The molecule has 0 aliphatic rings. The Balaban J connectivity index is 2.88. The van der Waals surface area contributed by atoms with Crippen LogP contribution in [0.3, 0.4) is 0 Å². The van der Waals surface area contributed by atoms with Gasteiger partial charge in [0.15, 0.2) is 0 Å². The second-order valence-electron chi connectivity index (χ2n) is 4.64. The van der Waals surface area contributed by atoms with E-state index in [-0.39, 0.29) is 18.0 Å². The lowest BCUT2D eigenvalue weighted by molar-refractivity contribution is -0.142. The number of halogens is 1. The first-order valence-electron chi connectivity index (χ1n) is 6.19. The van der Waals surface area contributed by atoms with Gasteiger partial charge in [-0.05, 0) is 37.1 Å².